The first-order valence-electron chi connectivity index (χ1n) is 11.2. The molecule has 2 fully saturated rings. The van der Waals surface area contributed by atoms with Crippen molar-refractivity contribution in [1.29, 1.82) is 0 Å². The van der Waals surface area contributed by atoms with Gasteiger partial charge < -0.3 is 15.1 Å². The Bertz CT molecular complexity index is 783. The lowest BCUT2D eigenvalue weighted by atomic mass is 10.0. The largest absolute Gasteiger partial charge is 0.340 e. The molecule has 0 radical (unpaired) electrons. The van der Waals surface area contributed by atoms with Crippen LogP contribution in [0.2, 0.25) is 0 Å². The van der Waals surface area contributed by atoms with Crippen LogP contribution in [0, 0.1) is 0 Å². The van der Waals surface area contributed by atoms with Crippen LogP contribution < -0.4 is 5.32 Å². The Morgan fingerprint density at radius 2 is 1.67 bits per heavy atom. The van der Waals surface area contributed by atoms with E-state index in [0.717, 1.165) is 31.7 Å². The van der Waals surface area contributed by atoms with E-state index in [0.29, 0.717) is 37.0 Å². The maximum atomic E-state index is 13.4. The summed E-state index contributed by atoms with van der Waals surface area (Å²) in [6.07, 6.45) is 2.57. The second kappa shape index (κ2) is 10.7. The van der Waals surface area contributed by atoms with Gasteiger partial charge in [-0.05, 0) is 49.5 Å². The van der Waals surface area contributed by atoms with Crippen molar-refractivity contribution >= 4 is 15.9 Å². The Morgan fingerprint density at radius 3 is 2.27 bits per heavy atom. The molecule has 2 saturated heterocycles. The molecule has 1 aromatic rings. The van der Waals surface area contributed by atoms with Crippen LogP contribution in [0.1, 0.15) is 44.6 Å². The van der Waals surface area contributed by atoms with Crippen molar-refractivity contribution in [2.45, 2.75) is 43.9 Å². The van der Waals surface area contributed by atoms with Gasteiger partial charge in [-0.25, -0.2) is 8.42 Å². The van der Waals surface area contributed by atoms with Crippen LogP contribution in [0.5, 0.6) is 0 Å². The van der Waals surface area contributed by atoms with Crippen LogP contribution in [-0.2, 0) is 14.8 Å². The number of benzene rings is 1. The van der Waals surface area contributed by atoms with Gasteiger partial charge in [-0.3, -0.25) is 4.79 Å². The number of sulfonamides is 1. The van der Waals surface area contributed by atoms with E-state index < -0.39 is 10.0 Å². The Labute approximate surface area is 181 Å². The number of amides is 1. The average molecular weight is 437 g/mol. The number of rotatable bonds is 9. The number of likely N-dealkylation sites (tertiary alicyclic amines) is 1. The zero-order valence-corrected chi connectivity index (χ0v) is 19.2. The zero-order chi connectivity index (χ0) is 21.6. The van der Waals surface area contributed by atoms with Crippen LogP contribution in [0.15, 0.2) is 29.2 Å². The number of piperazine rings is 1. The molecule has 1 aromatic carbocycles. The second-order valence-electron chi connectivity index (χ2n) is 8.56. The number of nitrogens with zero attached hydrogens (tertiary/aromatic N) is 3. The third kappa shape index (κ3) is 6.03. The summed E-state index contributed by atoms with van der Waals surface area (Å²) in [6.45, 7) is 10.6. The van der Waals surface area contributed by atoms with Crippen LogP contribution >= 0.6 is 0 Å². The first kappa shape index (κ1) is 23.2. The van der Waals surface area contributed by atoms with Crippen LogP contribution in [0.4, 0.5) is 0 Å². The lowest BCUT2D eigenvalue weighted by molar-refractivity contribution is -0.131. The summed E-state index contributed by atoms with van der Waals surface area (Å²) in [5.41, 5.74) is 1.12. The quantitative estimate of drug-likeness (QED) is 0.638. The monoisotopic (exact) mass is 436 g/mol. The van der Waals surface area contributed by atoms with Gasteiger partial charge in [-0.2, -0.15) is 4.31 Å². The first-order valence-corrected chi connectivity index (χ1v) is 12.6. The minimum Gasteiger partial charge on any atom is -0.340 e. The van der Waals surface area contributed by atoms with E-state index in [1.165, 1.54) is 17.1 Å². The summed E-state index contributed by atoms with van der Waals surface area (Å²) in [5, 5.41) is 3.24. The predicted molar refractivity (Wildman–Crippen MR) is 119 cm³/mol. The smallest absolute Gasteiger partial charge is 0.243 e. The van der Waals surface area contributed by atoms with Gasteiger partial charge in [0.05, 0.1) is 4.90 Å². The molecule has 0 aromatic heterocycles. The zero-order valence-electron chi connectivity index (χ0n) is 18.3. The van der Waals surface area contributed by atoms with Crippen molar-refractivity contribution in [2.75, 3.05) is 58.9 Å². The van der Waals surface area contributed by atoms with E-state index in [4.69, 9.17) is 0 Å². The molecule has 8 heteroatoms. The molecule has 0 atom stereocenters. The van der Waals surface area contributed by atoms with E-state index in [1.54, 1.807) is 12.1 Å². The Hall–Kier alpha value is -1.48. The van der Waals surface area contributed by atoms with Gasteiger partial charge in [0, 0.05) is 52.2 Å². The number of carbonyl (C=O) groups is 1. The summed E-state index contributed by atoms with van der Waals surface area (Å²) in [5.74, 6) is 0.387. The SMILES string of the molecule is CC(C)c1ccc(S(=O)(=O)N(CCC(=O)N2CCNCC2)CCN2CCCC2)cc1. The minimum atomic E-state index is -3.64. The molecule has 2 aliphatic rings. The first-order chi connectivity index (χ1) is 14.4. The van der Waals surface area contributed by atoms with E-state index in [2.05, 4.69) is 24.1 Å². The summed E-state index contributed by atoms with van der Waals surface area (Å²) in [4.78, 5) is 17.1. The van der Waals surface area contributed by atoms with Gasteiger partial charge in [0.25, 0.3) is 0 Å². The normalized spacial score (nSPS) is 18.5. The van der Waals surface area contributed by atoms with Gasteiger partial charge in [-0.1, -0.05) is 26.0 Å². The van der Waals surface area contributed by atoms with Gasteiger partial charge in [0.2, 0.25) is 15.9 Å². The Kier molecular flexibility index (Phi) is 8.27. The molecule has 30 heavy (non-hydrogen) atoms. The third-order valence-corrected chi connectivity index (χ3v) is 8.01. The van der Waals surface area contributed by atoms with Crippen LogP contribution in [0.3, 0.4) is 0 Å². The highest BCUT2D eigenvalue weighted by Gasteiger charge is 2.27. The van der Waals surface area contributed by atoms with Crippen molar-refractivity contribution in [3.63, 3.8) is 0 Å². The fourth-order valence-corrected chi connectivity index (χ4v) is 5.51. The molecular formula is C22H36N4O3S. The molecular weight excluding hydrogens is 400 g/mol. The molecule has 3 rings (SSSR count). The summed E-state index contributed by atoms with van der Waals surface area (Å²) >= 11 is 0. The van der Waals surface area contributed by atoms with Gasteiger partial charge in [0.15, 0.2) is 0 Å². The molecule has 0 aliphatic carbocycles. The van der Waals surface area contributed by atoms with Crippen LogP contribution in [0.25, 0.3) is 0 Å². The number of carbonyl (C=O) groups excluding carboxylic acids is 1. The molecule has 0 unspecified atom stereocenters. The summed E-state index contributed by atoms with van der Waals surface area (Å²) in [7, 11) is -3.64. The average Bonchev–Trinajstić information content (AvgIpc) is 3.27. The van der Waals surface area contributed by atoms with E-state index in [9.17, 15) is 13.2 Å². The third-order valence-electron chi connectivity index (χ3n) is 6.09. The highest BCUT2D eigenvalue weighted by Crippen LogP contribution is 2.21. The Morgan fingerprint density at radius 1 is 1.03 bits per heavy atom. The molecule has 0 bridgehead atoms. The van der Waals surface area contributed by atoms with Gasteiger partial charge >= 0.3 is 0 Å². The fourth-order valence-electron chi connectivity index (χ4n) is 4.08. The standard InChI is InChI=1S/C22H36N4O3S/c1-19(2)20-5-7-21(8-6-20)30(28,29)26(18-17-24-12-3-4-13-24)14-9-22(27)25-15-10-23-11-16-25/h5-8,19,23H,3-4,9-18H2,1-2H3. The highest BCUT2D eigenvalue weighted by molar-refractivity contribution is 7.89. The van der Waals surface area contributed by atoms with Gasteiger partial charge in [0.1, 0.15) is 0 Å². The predicted octanol–water partition coefficient (Wildman–Crippen LogP) is 1.72. The van der Waals surface area contributed by atoms with E-state index in [-0.39, 0.29) is 18.9 Å². The van der Waals surface area contributed by atoms with Crippen molar-refractivity contribution < 1.29 is 13.2 Å². The maximum absolute atomic E-state index is 13.4. The molecule has 2 aliphatic heterocycles. The van der Waals surface area contributed by atoms with E-state index >= 15 is 0 Å². The fraction of sp³-hybridized carbons (Fsp3) is 0.682. The molecule has 0 saturated carbocycles. The van der Waals surface area contributed by atoms with Crippen molar-refractivity contribution in [3.8, 4) is 0 Å². The lowest BCUT2D eigenvalue weighted by Gasteiger charge is -2.29. The second-order valence-corrected chi connectivity index (χ2v) is 10.5. The lowest BCUT2D eigenvalue weighted by Crippen LogP contribution is -2.47. The molecule has 0 spiro atoms. The van der Waals surface area contributed by atoms with Gasteiger partial charge in [-0.15, -0.1) is 0 Å². The summed E-state index contributed by atoms with van der Waals surface area (Å²) in [6, 6.07) is 7.18. The van der Waals surface area contributed by atoms with Crippen LogP contribution in [-0.4, -0.2) is 87.3 Å². The number of hydrogen-bond acceptors (Lipinski definition) is 5. The summed E-state index contributed by atoms with van der Waals surface area (Å²) < 4.78 is 28.3. The molecule has 7 nitrogen and oxygen atoms in total. The molecule has 2 heterocycles. The highest BCUT2D eigenvalue weighted by atomic mass is 32.2. The van der Waals surface area contributed by atoms with Crippen molar-refractivity contribution in [2.24, 2.45) is 0 Å². The molecule has 1 amide bonds. The topological polar surface area (TPSA) is 73.0 Å². The molecule has 168 valence electrons. The van der Waals surface area contributed by atoms with E-state index in [1.807, 2.05) is 17.0 Å². The van der Waals surface area contributed by atoms with Crippen molar-refractivity contribution in [1.82, 2.24) is 19.4 Å². The molecule has 1 N–H and O–H groups in total. The maximum Gasteiger partial charge on any atom is 0.243 e. The Balaban J connectivity index is 1.70. The minimum absolute atomic E-state index is 0.0352. The number of hydrogen-bond donors (Lipinski definition) is 1. The van der Waals surface area contributed by atoms with Crippen molar-refractivity contribution in [3.05, 3.63) is 29.8 Å². The number of nitrogens with one attached hydrogen (secondary N) is 1.